The van der Waals surface area contributed by atoms with Crippen molar-refractivity contribution >= 4 is 23.4 Å². The zero-order chi connectivity index (χ0) is 20.1. The van der Waals surface area contributed by atoms with Crippen molar-refractivity contribution in [2.24, 2.45) is 5.92 Å². The number of hydrogen-bond acceptors (Lipinski definition) is 2. The largest absolute Gasteiger partial charge is 0.465 e. The Kier molecular flexibility index (Phi) is 6.92. The first-order chi connectivity index (χ1) is 13.4. The zero-order valence-corrected chi connectivity index (χ0v) is 16.8. The van der Waals surface area contributed by atoms with Gasteiger partial charge in [0, 0.05) is 5.02 Å². The van der Waals surface area contributed by atoms with Crippen LogP contribution >= 0.6 is 11.6 Å². The summed E-state index contributed by atoms with van der Waals surface area (Å²) in [4.78, 5) is 14.9. The Morgan fingerprint density at radius 2 is 1.75 bits per heavy atom. The van der Waals surface area contributed by atoms with Gasteiger partial charge in [-0.05, 0) is 87.1 Å². The summed E-state index contributed by atoms with van der Waals surface area (Å²) in [5, 5.41) is 9.86. The molecule has 2 bridgehead atoms. The molecular weight excluding hydrogens is 379 g/mol. The number of nitrogens with zero attached hydrogens (tertiary/aromatic N) is 2. The van der Waals surface area contributed by atoms with E-state index < -0.39 is 11.9 Å². The van der Waals surface area contributed by atoms with Gasteiger partial charge in [0.2, 0.25) is 0 Å². The number of carboxylic acid groups (broad SMARTS) is 1. The Morgan fingerprint density at radius 3 is 2.21 bits per heavy atom. The van der Waals surface area contributed by atoms with E-state index in [1.54, 1.807) is 37.3 Å². The summed E-state index contributed by atoms with van der Waals surface area (Å²) in [5.41, 5.74) is 1.58. The van der Waals surface area contributed by atoms with Crippen molar-refractivity contribution in [3.63, 3.8) is 0 Å². The molecule has 3 aliphatic heterocycles. The Labute approximate surface area is 170 Å². The summed E-state index contributed by atoms with van der Waals surface area (Å²) < 4.78 is 13.8. The van der Waals surface area contributed by atoms with Crippen LogP contribution in [0, 0.1) is 18.7 Å². The van der Waals surface area contributed by atoms with Crippen LogP contribution in [0.1, 0.15) is 30.4 Å². The van der Waals surface area contributed by atoms with Gasteiger partial charge in [-0.1, -0.05) is 29.8 Å². The molecule has 0 radical (unpaired) electrons. The van der Waals surface area contributed by atoms with Gasteiger partial charge in [-0.25, -0.2) is 9.18 Å². The molecule has 6 heteroatoms. The third-order valence-electron chi connectivity index (χ3n) is 5.44. The van der Waals surface area contributed by atoms with Gasteiger partial charge in [-0.3, -0.25) is 4.90 Å². The van der Waals surface area contributed by atoms with Gasteiger partial charge in [0.15, 0.2) is 0 Å². The number of benzene rings is 2. The average molecular weight is 405 g/mol. The van der Waals surface area contributed by atoms with Gasteiger partial charge in [0.1, 0.15) is 5.82 Å². The Morgan fingerprint density at radius 1 is 1.14 bits per heavy atom. The number of amides is 1. The third kappa shape index (κ3) is 5.46. The standard InChI is InChI=1S/C15H13ClFNO2.C7H13N/c1-10-2-7-13(17)14(8-10)18(15(19)20)9-11-3-5-12(16)6-4-11;1-4-8-5-2-7(1)3-6-8/h2-8H,9H2,1H3,(H,19,20);7H,1-6H2. The molecule has 2 aromatic rings. The summed E-state index contributed by atoms with van der Waals surface area (Å²) in [7, 11) is 0. The first-order valence-electron chi connectivity index (χ1n) is 9.66. The van der Waals surface area contributed by atoms with Crippen LogP contribution in [-0.2, 0) is 6.54 Å². The molecular formula is C22H26ClFN2O2. The van der Waals surface area contributed by atoms with Gasteiger partial charge in [0.05, 0.1) is 12.2 Å². The lowest BCUT2D eigenvalue weighted by molar-refractivity contribution is 0.111. The second-order valence-corrected chi connectivity index (χ2v) is 7.96. The van der Waals surface area contributed by atoms with Crippen molar-refractivity contribution < 1.29 is 14.3 Å². The van der Waals surface area contributed by atoms with Crippen LogP contribution in [0.5, 0.6) is 0 Å². The van der Waals surface area contributed by atoms with Crippen LogP contribution in [0.25, 0.3) is 0 Å². The fraction of sp³-hybridized carbons (Fsp3) is 0.409. The second-order valence-electron chi connectivity index (χ2n) is 7.52. The van der Waals surface area contributed by atoms with Crippen LogP contribution in [0.3, 0.4) is 0 Å². The number of halogens is 2. The average Bonchev–Trinajstić information content (AvgIpc) is 2.71. The summed E-state index contributed by atoms with van der Waals surface area (Å²) in [5.74, 6) is 0.548. The van der Waals surface area contributed by atoms with Crippen molar-refractivity contribution in [2.75, 3.05) is 24.5 Å². The zero-order valence-electron chi connectivity index (χ0n) is 16.1. The number of hydrogen-bond donors (Lipinski definition) is 1. The predicted octanol–water partition coefficient (Wildman–Crippen LogP) is 5.57. The van der Waals surface area contributed by atoms with Crippen LogP contribution in [0.4, 0.5) is 14.9 Å². The normalized spacial score (nSPS) is 20.2. The Hall–Kier alpha value is -2.11. The molecule has 0 aromatic heterocycles. The number of fused-ring (bicyclic) bond motifs is 3. The minimum atomic E-state index is -1.20. The van der Waals surface area contributed by atoms with Crippen molar-refractivity contribution in [1.82, 2.24) is 4.90 Å². The molecule has 0 atom stereocenters. The molecule has 150 valence electrons. The molecule has 4 nitrogen and oxygen atoms in total. The quantitative estimate of drug-likeness (QED) is 0.726. The van der Waals surface area contributed by atoms with Crippen molar-refractivity contribution in [2.45, 2.75) is 32.7 Å². The van der Waals surface area contributed by atoms with Crippen LogP contribution < -0.4 is 4.90 Å². The predicted molar refractivity (Wildman–Crippen MR) is 111 cm³/mol. The highest BCUT2D eigenvalue weighted by Gasteiger charge is 2.24. The molecule has 1 amide bonds. The number of carbonyl (C=O) groups is 1. The maximum absolute atomic E-state index is 13.8. The van der Waals surface area contributed by atoms with E-state index in [0.29, 0.717) is 5.02 Å². The van der Waals surface area contributed by atoms with Crippen molar-refractivity contribution in [3.8, 4) is 0 Å². The highest BCUT2D eigenvalue weighted by molar-refractivity contribution is 6.30. The third-order valence-corrected chi connectivity index (χ3v) is 5.69. The molecule has 0 saturated carbocycles. The summed E-state index contributed by atoms with van der Waals surface area (Å²) in [6.45, 7) is 6.03. The van der Waals surface area contributed by atoms with Gasteiger partial charge in [-0.15, -0.1) is 0 Å². The molecule has 3 heterocycles. The molecule has 3 saturated heterocycles. The first kappa shape index (κ1) is 20.6. The van der Waals surface area contributed by atoms with E-state index >= 15 is 0 Å². The second kappa shape index (κ2) is 9.39. The SMILES string of the molecule is C1CN2CCC1CC2.Cc1ccc(F)c(N(Cc2ccc(Cl)cc2)C(=O)O)c1. The van der Waals surface area contributed by atoms with E-state index in [1.807, 2.05) is 0 Å². The van der Waals surface area contributed by atoms with E-state index in [2.05, 4.69) is 4.90 Å². The van der Waals surface area contributed by atoms with Crippen molar-refractivity contribution in [1.29, 1.82) is 0 Å². The van der Waals surface area contributed by atoms with Crippen LogP contribution in [0.2, 0.25) is 5.02 Å². The lowest BCUT2D eigenvalue weighted by atomic mass is 9.89. The summed E-state index contributed by atoms with van der Waals surface area (Å²) >= 11 is 5.78. The molecule has 3 fully saturated rings. The van der Waals surface area contributed by atoms with Gasteiger partial charge in [0.25, 0.3) is 0 Å². The lowest BCUT2D eigenvalue weighted by Gasteiger charge is -2.38. The monoisotopic (exact) mass is 404 g/mol. The molecule has 3 aliphatic rings. The van der Waals surface area contributed by atoms with E-state index in [0.717, 1.165) is 21.9 Å². The molecule has 28 heavy (non-hydrogen) atoms. The fourth-order valence-corrected chi connectivity index (χ4v) is 3.85. The van der Waals surface area contributed by atoms with Gasteiger partial charge in [-0.2, -0.15) is 0 Å². The molecule has 0 spiro atoms. The Balaban J connectivity index is 0.000000231. The molecule has 1 N–H and O–H groups in total. The summed E-state index contributed by atoms with van der Waals surface area (Å²) in [6, 6.07) is 11.1. The summed E-state index contributed by atoms with van der Waals surface area (Å²) in [6.07, 6.45) is 3.25. The topological polar surface area (TPSA) is 43.8 Å². The minimum absolute atomic E-state index is 0.0486. The number of rotatable bonds is 3. The van der Waals surface area contributed by atoms with Gasteiger partial charge >= 0.3 is 6.09 Å². The number of aryl methyl sites for hydroxylation is 1. The number of piperidine rings is 3. The number of anilines is 1. The van der Waals surface area contributed by atoms with Crippen LogP contribution in [-0.4, -0.2) is 35.7 Å². The maximum Gasteiger partial charge on any atom is 0.412 e. The van der Waals surface area contributed by atoms with E-state index in [-0.39, 0.29) is 12.2 Å². The van der Waals surface area contributed by atoms with Crippen LogP contribution in [0.15, 0.2) is 42.5 Å². The Bertz CT molecular complexity index is 782. The van der Waals surface area contributed by atoms with E-state index in [4.69, 9.17) is 11.6 Å². The van der Waals surface area contributed by atoms with Crippen molar-refractivity contribution in [3.05, 3.63) is 64.4 Å². The molecule has 2 aromatic carbocycles. The first-order valence-corrected chi connectivity index (χ1v) is 10.0. The molecule has 0 unspecified atom stereocenters. The minimum Gasteiger partial charge on any atom is -0.465 e. The lowest BCUT2D eigenvalue weighted by Crippen LogP contribution is -2.41. The van der Waals surface area contributed by atoms with Gasteiger partial charge < -0.3 is 10.0 Å². The van der Waals surface area contributed by atoms with E-state index in [1.165, 1.54) is 51.0 Å². The maximum atomic E-state index is 13.8. The highest BCUT2D eigenvalue weighted by atomic mass is 35.5. The fourth-order valence-electron chi connectivity index (χ4n) is 3.72. The van der Waals surface area contributed by atoms with E-state index in [9.17, 15) is 14.3 Å². The molecule has 5 rings (SSSR count). The highest BCUT2D eigenvalue weighted by Crippen LogP contribution is 2.26. The smallest absolute Gasteiger partial charge is 0.412 e. The molecule has 0 aliphatic carbocycles.